The lowest BCUT2D eigenvalue weighted by atomic mass is 10.1. The van der Waals surface area contributed by atoms with Gasteiger partial charge in [-0.2, -0.15) is 0 Å². The molecular formula is C26H25FN4O4S. The second kappa shape index (κ2) is 10.1. The zero-order chi connectivity index (χ0) is 25.2. The van der Waals surface area contributed by atoms with Crippen LogP contribution >= 0.6 is 11.3 Å². The lowest BCUT2D eigenvalue weighted by Crippen LogP contribution is -2.49. The molecule has 1 aromatic heterocycles. The van der Waals surface area contributed by atoms with Crippen LogP contribution in [0, 0.1) is 5.82 Å². The molecule has 2 aromatic carbocycles. The maximum absolute atomic E-state index is 13.9. The van der Waals surface area contributed by atoms with Gasteiger partial charge in [0.1, 0.15) is 16.7 Å². The Labute approximate surface area is 211 Å². The first-order valence-corrected chi connectivity index (χ1v) is 12.5. The molecule has 8 nitrogen and oxygen atoms in total. The Hall–Kier alpha value is -3.76. The van der Waals surface area contributed by atoms with Crippen molar-refractivity contribution < 1.29 is 24.2 Å². The molecule has 1 saturated heterocycles. The van der Waals surface area contributed by atoms with Crippen LogP contribution in [0.2, 0.25) is 0 Å². The summed E-state index contributed by atoms with van der Waals surface area (Å²) in [6, 6.07) is 14.1. The van der Waals surface area contributed by atoms with Gasteiger partial charge in [-0.1, -0.05) is 18.2 Å². The lowest BCUT2D eigenvalue weighted by molar-refractivity contribution is -0.134. The van der Waals surface area contributed by atoms with Gasteiger partial charge in [0.05, 0.1) is 16.9 Å². The maximum Gasteiger partial charge on any atom is 0.328 e. The number of nitrogens with zero attached hydrogens (tertiary/aromatic N) is 3. The molecule has 2 fully saturated rings. The van der Waals surface area contributed by atoms with E-state index in [2.05, 4.69) is 39.4 Å². The standard InChI is InChI=1S/C22H21FN4S.C4H4O4/c23-14-5-8-17-18(13-14)25-22-20(16-3-1-2-4-19(16)28-22)21(24-17)27-11-9-26(10-12-27)15-6-7-15;5-3(6)1-2-4(7)8/h1-5,8,13,15,25H,6-7,9-12H2;1-2H,(H,5,6)(H,7,8)/b;2-1-. The van der Waals surface area contributed by atoms with E-state index in [0.717, 1.165) is 60.0 Å². The number of carbonyl (C=O) groups is 2. The van der Waals surface area contributed by atoms with Gasteiger partial charge in [0.2, 0.25) is 0 Å². The Bertz CT molecular complexity index is 1360. The maximum atomic E-state index is 13.9. The number of carboxylic acids is 2. The van der Waals surface area contributed by atoms with Crippen molar-refractivity contribution in [2.24, 2.45) is 4.99 Å². The number of nitrogens with one attached hydrogen (secondary N) is 1. The fourth-order valence-corrected chi connectivity index (χ4v) is 5.57. The van der Waals surface area contributed by atoms with Gasteiger partial charge in [0, 0.05) is 54.5 Å². The van der Waals surface area contributed by atoms with Crippen LogP contribution in [0.4, 0.5) is 20.8 Å². The van der Waals surface area contributed by atoms with E-state index in [-0.39, 0.29) is 5.82 Å². The molecule has 0 radical (unpaired) electrons. The molecule has 10 heteroatoms. The number of aliphatic imine (C=N–C) groups is 1. The van der Waals surface area contributed by atoms with Crippen molar-refractivity contribution in [1.29, 1.82) is 0 Å². The average Bonchev–Trinajstić information content (AvgIpc) is 3.66. The molecule has 3 N–H and O–H groups in total. The van der Waals surface area contributed by atoms with E-state index in [1.165, 1.54) is 29.0 Å². The molecule has 3 aliphatic rings. The lowest BCUT2D eigenvalue weighted by Gasteiger charge is -2.36. The minimum Gasteiger partial charge on any atom is -0.478 e. The highest BCUT2D eigenvalue weighted by molar-refractivity contribution is 7.23. The normalized spacial score (nSPS) is 17.4. The van der Waals surface area contributed by atoms with E-state index in [0.29, 0.717) is 12.2 Å². The zero-order valence-electron chi connectivity index (χ0n) is 19.4. The minimum atomic E-state index is -1.26. The number of anilines is 2. The van der Waals surface area contributed by atoms with E-state index in [4.69, 9.17) is 15.2 Å². The summed E-state index contributed by atoms with van der Waals surface area (Å²) in [5.74, 6) is -1.74. The predicted molar refractivity (Wildman–Crippen MR) is 138 cm³/mol. The second-order valence-electron chi connectivity index (χ2n) is 8.79. The number of rotatable bonds is 3. The summed E-state index contributed by atoms with van der Waals surface area (Å²) in [5.41, 5.74) is 2.69. The van der Waals surface area contributed by atoms with Crippen molar-refractivity contribution in [2.75, 3.05) is 31.5 Å². The van der Waals surface area contributed by atoms with E-state index in [1.54, 1.807) is 23.5 Å². The van der Waals surface area contributed by atoms with Gasteiger partial charge in [0.25, 0.3) is 0 Å². The molecule has 3 heterocycles. The number of halogens is 1. The summed E-state index contributed by atoms with van der Waals surface area (Å²) in [5, 5.41) is 21.4. The largest absolute Gasteiger partial charge is 0.478 e. The molecule has 0 spiro atoms. The average molecular weight is 509 g/mol. The summed E-state index contributed by atoms with van der Waals surface area (Å²) < 4.78 is 15.1. The van der Waals surface area contributed by atoms with Crippen LogP contribution in [-0.4, -0.2) is 70.0 Å². The number of amidine groups is 1. The van der Waals surface area contributed by atoms with Crippen LogP contribution in [0.5, 0.6) is 0 Å². The second-order valence-corrected chi connectivity index (χ2v) is 9.84. The molecule has 3 aromatic rings. The third-order valence-corrected chi connectivity index (χ3v) is 7.38. The van der Waals surface area contributed by atoms with Gasteiger partial charge in [-0.05, 0) is 37.1 Å². The van der Waals surface area contributed by atoms with Crippen molar-refractivity contribution >= 4 is 55.6 Å². The number of benzene rings is 2. The number of piperazine rings is 1. The summed E-state index contributed by atoms with van der Waals surface area (Å²) in [6.07, 6.45) is 3.82. The highest BCUT2D eigenvalue weighted by Gasteiger charge is 2.33. The van der Waals surface area contributed by atoms with Crippen molar-refractivity contribution in [3.8, 4) is 0 Å². The summed E-state index contributed by atoms with van der Waals surface area (Å²) in [4.78, 5) is 29.2. The van der Waals surface area contributed by atoms with Crippen molar-refractivity contribution in [3.63, 3.8) is 0 Å². The van der Waals surface area contributed by atoms with Crippen molar-refractivity contribution in [1.82, 2.24) is 9.80 Å². The molecule has 2 aliphatic heterocycles. The van der Waals surface area contributed by atoms with Crippen molar-refractivity contribution in [2.45, 2.75) is 18.9 Å². The first kappa shape index (κ1) is 24.0. The van der Waals surface area contributed by atoms with Crippen LogP contribution in [-0.2, 0) is 9.59 Å². The minimum absolute atomic E-state index is 0.245. The number of aliphatic carboxylic acids is 2. The number of hydrogen-bond donors (Lipinski definition) is 3. The summed E-state index contributed by atoms with van der Waals surface area (Å²) in [6.45, 7) is 4.14. The van der Waals surface area contributed by atoms with Crippen LogP contribution < -0.4 is 5.32 Å². The number of carboxylic acid groups (broad SMARTS) is 2. The third-order valence-electron chi connectivity index (χ3n) is 6.30. The number of hydrogen-bond acceptors (Lipinski definition) is 7. The first-order valence-electron chi connectivity index (χ1n) is 11.7. The molecule has 36 heavy (non-hydrogen) atoms. The van der Waals surface area contributed by atoms with Gasteiger partial charge in [-0.3, -0.25) is 4.90 Å². The van der Waals surface area contributed by atoms with Crippen LogP contribution in [0.25, 0.3) is 10.1 Å². The van der Waals surface area contributed by atoms with Crippen LogP contribution in [0.1, 0.15) is 18.4 Å². The van der Waals surface area contributed by atoms with E-state index in [9.17, 15) is 14.0 Å². The molecule has 1 aliphatic carbocycles. The summed E-state index contributed by atoms with van der Waals surface area (Å²) in [7, 11) is 0. The fourth-order valence-electron chi connectivity index (χ4n) is 4.46. The van der Waals surface area contributed by atoms with Gasteiger partial charge in [-0.25, -0.2) is 19.0 Å². The fraction of sp³-hybridized carbons (Fsp3) is 0.269. The Balaban J connectivity index is 0.000000292. The molecule has 1 saturated carbocycles. The van der Waals surface area contributed by atoms with Crippen molar-refractivity contribution in [3.05, 3.63) is 66.0 Å². The molecule has 0 unspecified atom stereocenters. The monoisotopic (exact) mass is 508 g/mol. The number of fused-ring (bicyclic) bond motifs is 4. The molecule has 0 amide bonds. The Morgan fingerprint density at radius 2 is 1.72 bits per heavy atom. The van der Waals surface area contributed by atoms with Gasteiger partial charge in [-0.15, -0.1) is 11.3 Å². The highest BCUT2D eigenvalue weighted by atomic mass is 32.1. The SMILES string of the molecule is Fc1ccc2c(c1)Nc1sc3ccccc3c1C(N1CCN(C3CC3)CC1)=N2.O=C(O)/C=C\C(=O)O. The van der Waals surface area contributed by atoms with Gasteiger partial charge in [0.15, 0.2) is 0 Å². The molecular weight excluding hydrogens is 483 g/mol. The first-order chi connectivity index (χ1) is 17.4. The predicted octanol–water partition coefficient (Wildman–Crippen LogP) is 4.67. The van der Waals surface area contributed by atoms with E-state index >= 15 is 0 Å². The quantitative estimate of drug-likeness (QED) is 0.442. The van der Waals surface area contributed by atoms with E-state index < -0.39 is 11.9 Å². The van der Waals surface area contributed by atoms with Gasteiger partial charge >= 0.3 is 11.9 Å². The smallest absolute Gasteiger partial charge is 0.328 e. The zero-order valence-corrected chi connectivity index (χ0v) is 20.2. The van der Waals surface area contributed by atoms with Gasteiger partial charge < -0.3 is 20.4 Å². The number of thiophene rings is 1. The molecule has 6 rings (SSSR count). The van der Waals surface area contributed by atoms with Crippen LogP contribution in [0.3, 0.4) is 0 Å². The Morgan fingerprint density at radius 3 is 2.39 bits per heavy atom. The third kappa shape index (κ3) is 5.24. The van der Waals surface area contributed by atoms with Crippen LogP contribution in [0.15, 0.2) is 59.6 Å². The van der Waals surface area contributed by atoms with E-state index in [1.807, 2.05) is 0 Å². The topological polar surface area (TPSA) is 105 Å². The molecule has 0 atom stereocenters. The highest BCUT2D eigenvalue weighted by Crippen LogP contribution is 2.43. The Kier molecular flexibility index (Phi) is 6.71. The summed E-state index contributed by atoms with van der Waals surface area (Å²) >= 11 is 1.71. The molecule has 0 bridgehead atoms. The molecule has 186 valence electrons. The Morgan fingerprint density at radius 1 is 1.03 bits per heavy atom.